The third-order valence-corrected chi connectivity index (χ3v) is 4.72. The molecule has 0 bridgehead atoms. The Balaban J connectivity index is 2.49. The zero-order valence-electron chi connectivity index (χ0n) is 9.85. The van der Waals surface area contributed by atoms with Crippen LogP contribution in [0, 0.1) is 12.7 Å². The molecule has 2 rings (SSSR count). The van der Waals surface area contributed by atoms with Crippen molar-refractivity contribution in [2.45, 2.75) is 12.3 Å². The van der Waals surface area contributed by atoms with Crippen LogP contribution in [0.4, 0.5) is 4.39 Å². The van der Waals surface area contributed by atoms with Gasteiger partial charge < -0.3 is 0 Å². The molecular formula is C14H9BrCl3F. The fourth-order valence-corrected chi connectivity index (χ4v) is 2.95. The fraction of sp³-hybridized carbons (Fsp3) is 0.143. The van der Waals surface area contributed by atoms with Crippen molar-refractivity contribution in [1.29, 1.82) is 0 Å². The van der Waals surface area contributed by atoms with Gasteiger partial charge >= 0.3 is 0 Å². The lowest BCUT2D eigenvalue weighted by molar-refractivity contribution is 0.611. The van der Waals surface area contributed by atoms with Crippen LogP contribution >= 0.6 is 50.7 Å². The number of rotatable bonds is 2. The second-order valence-corrected chi connectivity index (χ2v) is 6.29. The first-order valence-corrected chi connectivity index (χ1v) is 7.43. The normalized spacial score (nSPS) is 12.5. The molecule has 0 amide bonds. The van der Waals surface area contributed by atoms with Gasteiger partial charge in [-0.3, -0.25) is 0 Å². The van der Waals surface area contributed by atoms with Gasteiger partial charge in [0.25, 0.3) is 0 Å². The van der Waals surface area contributed by atoms with Gasteiger partial charge in [0.15, 0.2) is 0 Å². The molecule has 1 unspecified atom stereocenters. The quantitative estimate of drug-likeness (QED) is 0.409. The van der Waals surface area contributed by atoms with Crippen LogP contribution < -0.4 is 0 Å². The molecule has 5 heteroatoms. The summed E-state index contributed by atoms with van der Waals surface area (Å²) in [5, 5.41) is 0.441. The molecule has 0 aromatic heterocycles. The Kier molecular flexibility index (Phi) is 4.78. The maximum absolute atomic E-state index is 14.0. The third kappa shape index (κ3) is 3.25. The minimum atomic E-state index is -0.608. The molecule has 0 heterocycles. The van der Waals surface area contributed by atoms with Gasteiger partial charge in [-0.1, -0.05) is 29.3 Å². The van der Waals surface area contributed by atoms with Gasteiger partial charge in [-0.05, 0) is 58.2 Å². The second kappa shape index (κ2) is 6.01. The summed E-state index contributed by atoms with van der Waals surface area (Å²) in [6.45, 7) is 1.88. The molecule has 19 heavy (non-hydrogen) atoms. The van der Waals surface area contributed by atoms with Crippen LogP contribution in [0.2, 0.25) is 10.0 Å². The molecule has 0 fully saturated rings. The minimum Gasteiger partial charge on any atom is -0.207 e. The van der Waals surface area contributed by atoms with Gasteiger partial charge in [0.2, 0.25) is 0 Å². The predicted octanol–water partition coefficient (Wildman–Crippen LogP) is 6.53. The van der Waals surface area contributed by atoms with E-state index in [-0.39, 0.29) is 0 Å². The molecule has 100 valence electrons. The number of benzene rings is 2. The smallest absolute Gasteiger partial charge is 0.129 e. The first kappa shape index (κ1) is 15.1. The molecule has 0 saturated heterocycles. The zero-order valence-corrected chi connectivity index (χ0v) is 13.7. The Labute approximate surface area is 134 Å². The average molecular weight is 382 g/mol. The molecule has 0 aliphatic heterocycles. The summed E-state index contributed by atoms with van der Waals surface area (Å²) < 4.78 is 14.5. The van der Waals surface area contributed by atoms with E-state index in [9.17, 15) is 4.39 Å². The van der Waals surface area contributed by atoms with Crippen LogP contribution in [0.25, 0.3) is 0 Å². The molecule has 0 radical (unpaired) electrons. The largest absolute Gasteiger partial charge is 0.207 e. The number of halogens is 5. The second-order valence-electron chi connectivity index (χ2n) is 4.15. The minimum absolute atomic E-state index is 0.347. The van der Waals surface area contributed by atoms with Crippen LogP contribution in [0.1, 0.15) is 22.1 Å². The Bertz CT molecular complexity index is 628. The van der Waals surface area contributed by atoms with Crippen LogP contribution in [-0.4, -0.2) is 0 Å². The highest BCUT2D eigenvalue weighted by Gasteiger charge is 2.19. The topological polar surface area (TPSA) is 0 Å². The molecule has 0 saturated carbocycles. The molecule has 0 N–H and O–H groups in total. The maximum atomic E-state index is 14.0. The Morgan fingerprint density at radius 3 is 2.42 bits per heavy atom. The first-order chi connectivity index (χ1) is 8.90. The number of hydrogen-bond donors (Lipinski definition) is 0. The summed E-state index contributed by atoms with van der Waals surface area (Å²) in [5.41, 5.74) is 2.06. The van der Waals surface area contributed by atoms with Gasteiger partial charge in [0.1, 0.15) is 5.82 Å². The van der Waals surface area contributed by atoms with Gasteiger partial charge in [-0.25, -0.2) is 4.39 Å². The van der Waals surface area contributed by atoms with E-state index in [0.717, 1.165) is 11.1 Å². The molecule has 1 atom stereocenters. The Morgan fingerprint density at radius 1 is 1.11 bits per heavy atom. The first-order valence-electron chi connectivity index (χ1n) is 5.44. The van der Waals surface area contributed by atoms with Crippen molar-refractivity contribution < 1.29 is 4.39 Å². The van der Waals surface area contributed by atoms with E-state index in [4.69, 9.17) is 34.8 Å². The molecule has 0 aliphatic rings. The van der Waals surface area contributed by atoms with E-state index in [1.54, 1.807) is 18.2 Å². The lowest BCUT2D eigenvalue weighted by Crippen LogP contribution is -2.00. The zero-order chi connectivity index (χ0) is 14.2. The van der Waals surface area contributed by atoms with Gasteiger partial charge in [-0.15, -0.1) is 11.6 Å². The van der Waals surface area contributed by atoms with E-state index in [0.29, 0.717) is 20.1 Å². The van der Waals surface area contributed by atoms with Crippen LogP contribution in [0.5, 0.6) is 0 Å². The van der Waals surface area contributed by atoms with Crippen molar-refractivity contribution >= 4 is 50.7 Å². The van der Waals surface area contributed by atoms with Crippen molar-refractivity contribution in [3.8, 4) is 0 Å². The number of hydrogen-bond acceptors (Lipinski definition) is 0. The van der Waals surface area contributed by atoms with E-state index < -0.39 is 11.2 Å². The van der Waals surface area contributed by atoms with Gasteiger partial charge in [0.05, 0.1) is 10.4 Å². The van der Waals surface area contributed by atoms with E-state index in [1.807, 2.05) is 6.92 Å². The highest BCUT2D eigenvalue weighted by atomic mass is 79.9. The summed E-state index contributed by atoms with van der Waals surface area (Å²) in [6.07, 6.45) is 0. The summed E-state index contributed by atoms with van der Waals surface area (Å²) in [4.78, 5) is 0. The SMILES string of the molecule is Cc1cc(Cl)ccc1C(Cl)c1cc(Cl)c(Br)cc1F. The lowest BCUT2D eigenvalue weighted by Gasteiger charge is -2.15. The van der Waals surface area contributed by atoms with Gasteiger partial charge in [0, 0.05) is 15.1 Å². The molecule has 2 aromatic carbocycles. The fourth-order valence-electron chi connectivity index (χ4n) is 1.82. The summed E-state index contributed by atoms with van der Waals surface area (Å²) >= 11 is 21.4. The van der Waals surface area contributed by atoms with Crippen molar-refractivity contribution in [3.05, 3.63) is 67.4 Å². The van der Waals surface area contributed by atoms with Crippen LogP contribution in [0.3, 0.4) is 0 Å². The third-order valence-electron chi connectivity index (χ3n) is 2.82. The summed E-state index contributed by atoms with van der Waals surface area (Å²) in [6, 6.07) is 8.18. The molecular weight excluding hydrogens is 373 g/mol. The van der Waals surface area contributed by atoms with Gasteiger partial charge in [-0.2, -0.15) is 0 Å². The summed E-state index contributed by atoms with van der Waals surface area (Å²) in [7, 11) is 0. The lowest BCUT2D eigenvalue weighted by atomic mass is 10.00. The Hall–Kier alpha value is -0.280. The molecule has 0 spiro atoms. The molecule has 0 aliphatic carbocycles. The van der Waals surface area contributed by atoms with E-state index >= 15 is 0 Å². The summed E-state index contributed by atoms with van der Waals surface area (Å²) in [5.74, 6) is -0.398. The van der Waals surface area contributed by atoms with Crippen molar-refractivity contribution in [1.82, 2.24) is 0 Å². The molecule has 0 nitrogen and oxygen atoms in total. The van der Waals surface area contributed by atoms with E-state index in [2.05, 4.69) is 15.9 Å². The standard InChI is InChI=1S/C14H9BrCl3F/c1-7-4-8(16)2-3-9(7)14(18)10-5-12(17)11(15)6-13(10)19/h2-6,14H,1H3. The average Bonchev–Trinajstić information content (AvgIpc) is 2.33. The maximum Gasteiger partial charge on any atom is 0.129 e. The highest BCUT2D eigenvalue weighted by molar-refractivity contribution is 9.10. The van der Waals surface area contributed by atoms with E-state index in [1.165, 1.54) is 12.1 Å². The highest BCUT2D eigenvalue weighted by Crippen LogP contribution is 2.36. The Morgan fingerprint density at radius 2 is 1.79 bits per heavy atom. The number of alkyl halides is 1. The van der Waals surface area contributed by atoms with Crippen molar-refractivity contribution in [2.24, 2.45) is 0 Å². The number of aryl methyl sites for hydroxylation is 1. The predicted molar refractivity (Wildman–Crippen MR) is 83.0 cm³/mol. The monoisotopic (exact) mass is 380 g/mol. The van der Waals surface area contributed by atoms with Crippen LogP contribution in [0.15, 0.2) is 34.8 Å². The van der Waals surface area contributed by atoms with Crippen molar-refractivity contribution in [2.75, 3.05) is 0 Å². The van der Waals surface area contributed by atoms with Crippen molar-refractivity contribution in [3.63, 3.8) is 0 Å². The molecule has 2 aromatic rings. The van der Waals surface area contributed by atoms with Crippen LogP contribution in [-0.2, 0) is 0 Å².